The van der Waals surface area contributed by atoms with E-state index >= 15 is 0 Å². The number of carboxylic acids is 1. The number of hydrogen-bond donors (Lipinski definition) is 2. The predicted octanol–water partition coefficient (Wildman–Crippen LogP) is 1.49. The van der Waals surface area contributed by atoms with Crippen molar-refractivity contribution in [3.05, 3.63) is 0 Å². The molecule has 0 bridgehead atoms. The number of halogens is 1. The minimum atomic E-state index is -1.26. The molecule has 0 rings (SSSR count). The molecule has 6 heteroatoms. The second-order valence-electron chi connectivity index (χ2n) is 4.91. The van der Waals surface area contributed by atoms with Gasteiger partial charge in [-0.2, -0.15) is 0 Å². The van der Waals surface area contributed by atoms with Crippen molar-refractivity contribution >= 4 is 27.9 Å². The minimum absolute atomic E-state index is 0.0305. The number of esters is 1. The quantitative estimate of drug-likeness (QED) is 0.355. The largest absolute Gasteiger partial charge is 0.481 e. The number of hydrogen-bond acceptors (Lipinski definition) is 4. The van der Waals surface area contributed by atoms with Gasteiger partial charge in [0, 0.05) is 0 Å². The molecule has 0 heterocycles. The SMILES string of the molecule is CC(N)(Br)CC(C(=O)O)C(=O)OC(C)(C)C. The van der Waals surface area contributed by atoms with E-state index in [-0.39, 0.29) is 6.42 Å². The van der Waals surface area contributed by atoms with Gasteiger partial charge in [0.05, 0.1) is 4.45 Å². The average molecular weight is 296 g/mol. The molecular formula is C10H18BrNO4. The molecule has 3 N–H and O–H groups in total. The standard InChI is InChI=1S/C10H18BrNO4/c1-9(2,3)16-8(15)6(7(13)14)5-10(4,11)12/h6H,5,12H2,1-4H3,(H,13,14). The maximum atomic E-state index is 11.6. The fourth-order valence-corrected chi connectivity index (χ4v) is 1.37. The molecule has 0 aliphatic heterocycles. The van der Waals surface area contributed by atoms with Crippen LogP contribution in [0.3, 0.4) is 0 Å². The van der Waals surface area contributed by atoms with Crippen LogP contribution in [-0.2, 0) is 14.3 Å². The van der Waals surface area contributed by atoms with E-state index in [2.05, 4.69) is 15.9 Å². The summed E-state index contributed by atoms with van der Waals surface area (Å²) in [6.45, 7) is 6.63. The molecule has 0 aliphatic rings. The molecule has 0 spiro atoms. The van der Waals surface area contributed by atoms with Crippen molar-refractivity contribution in [1.82, 2.24) is 0 Å². The number of carbonyl (C=O) groups is 2. The summed E-state index contributed by atoms with van der Waals surface area (Å²) in [5, 5.41) is 8.93. The molecule has 0 amide bonds. The lowest BCUT2D eigenvalue weighted by molar-refractivity contribution is -0.167. The smallest absolute Gasteiger partial charge is 0.320 e. The fraction of sp³-hybridized carbons (Fsp3) is 0.800. The monoisotopic (exact) mass is 295 g/mol. The van der Waals surface area contributed by atoms with E-state index in [1.165, 1.54) is 0 Å². The zero-order chi connectivity index (χ0) is 13.1. The van der Waals surface area contributed by atoms with Gasteiger partial charge in [-0.05, 0) is 34.1 Å². The third-order valence-corrected chi connectivity index (χ3v) is 1.92. The first-order valence-electron chi connectivity index (χ1n) is 4.86. The summed E-state index contributed by atoms with van der Waals surface area (Å²) in [6.07, 6.45) is -0.0305. The third-order valence-electron chi connectivity index (χ3n) is 1.59. The number of carboxylic acid groups (broad SMARTS) is 1. The first-order chi connectivity index (χ1) is 6.92. The van der Waals surface area contributed by atoms with Gasteiger partial charge in [0.1, 0.15) is 5.60 Å². The van der Waals surface area contributed by atoms with Gasteiger partial charge in [-0.15, -0.1) is 0 Å². The zero-order valence-corrected chi connectivity index (χ0v) is 11.5. The van der Waals surface area contributed by atoms with Crippen LogP contribution in [0.5, 0.6) is 0 Å². The molecule has 0 saturated carbocycles. The van der Waals surface area contributed by atoms with Crippen LogP contribution in [0.2, 0.25) is 0 Å². The van der Waals surface area contributed by atoms with Crippen molar-refractivity contribution in [3.8, 4) is 0 Å². The van der Waals surface area contributed by atoms with Gasteiger partial charge in [0.15, 0.2) is 5.92 Å². The van der Waals surface area contributed by atoms with Gasteiger partial charge in [0.2, 0.25) is 0 Å². The first kappa shape index (κ1) is 15.4. The van der Waals surface area contributed by atoms with Crippen LogP contribution in [0, 0.1) is 5.92 Å². The molecule has 94 valence electrons. The van der Waals surface area contributed by atoms with Crippen LogP contribution in [0.15, 0.2) is 0 Å². The molecule has 0 aromatic heterocycles. The van der Waals surface area contributed by atoms with Crippen molar-refractivity contribution in [2.24, 2.45) is 11.7 Å². The zero-order valence-electron chi connectivity index (χ0n) is 9.91. The number of aliphatic carboxylic acids is 1. The summed E-state index contributed by atoms with van der Waals surface area (Å²) in [6, 6.07) is 0. The van der Waals surface area contributed by atoms with E-state index < -0.39 is 27.9 Å². The summed E-state index contributed by atoms with van der Waals surface area (Å²) in [5.74, 6) is -3.25. The van der Waals surface area contributed by atoms with E-state index in [0.717, 1.165) is 0 Å². The van der Waals surface area contributed by atoms with Crippen LogP contribution in [0.1, 0.15) is 34.1 Å². The highest BCUT2D eigenvalue weighted by molar-refractivity contribution is 9.10. The Labute approximate surface area is 103 Å². The summed E-state index contributed by atoms with van der Waals surface area (Å²) < 4.78 is 4.10. The van der Waals surface area contributed by atoms with E-state index in [1.807, 2.05) is 0 Å². The van der Waals surface area contributed by atoms with Crippen molar-refractivity contribution in [2.75, 3.05) is 0 Å². The Hall–Kier alpha value is -0.620. The molecule has 2 unspecified atom stereocenters. The highest BCUT2D eigenvalue weighted by atomic mass is 79.9. The van der Waals surface area contributed by atoms with Crippen molar-refractivity contribution in [3.63, 3.8) is 0 Å². The van der Waals surface area contributed by atoms with Crippen LogP contribution < -0.4 is 5.73 Å². The maximum absolute atomic E-state index is 11.6. The van der Waals surface area contributed by atoms with Gasteiger partial charge in [-0.1, -0.05) is 15.9 Å². The van der Waals surface area contributed by atoms with Crippen molar-refractivity contribution in [1.29, 1.82) is 0 Å². The Morgan fingerprint density at radius 3 is 2.06 bits per heavy atom. The predicted molar refractivity (Wildman–Crippen MR) is 63.1 cm³/mol. The van der Waals surface area contributed by atoms with E-state index in [1.54, 1.807) is 27.7 Å². The fourth-order valence-electron chi connectivity index (χ4n) is 1.04. The number of ether oxygens (including phenoxy) is 1. The Morgan fingerprint density at radius 1 is 1.38 bits per heavy atom. The highest BCUT2D eigenvalue weighted by Crippen LogP contribution is 2.23. The van der Waals surface area contributed by atoms with Gasteiger partial charge in [0.25, 0.3) is 0 Å². The van der Waals surface area contributed by atoms with Crippen LogP contribution in [0.4, 0.5) is 0 Å². The Kier molecular flexibility index (Phi) is 4.94. The van der Waals surface area contributed by atoms with Crippen LogP contribution >= 0.6 is 15.9 Å². The van der Waals surface area contributed by atoms with E-state index in [4.69, 9.17) is 15.6 Å². The summed E-state index contributed by atoms with van der Waals surface area (Å²) in [7, 11) is 0. The van der Waals surface area contributed by atoms with Gasteiger partial charge in [-0.3, -0.25) is 9.59 Å². The molecule has 0 aliphatic carbocycles. The summed E-state index contributed by atoms with van der Waals surface area (Å²) >= 11 is 3.10. The lowest BCUT2D eigenvalue weighted by Gasteiger charge is -2.25. The number of alkyl halides is 1. The average Bonchev–Trinajstić information content (AvgIpc) is 1.94. The van der Waals surface area contributed by atoms with E-state index in [9.17, 15) is 9.59 Å². The summed E-state index contributed by atoms with van der Waals surface area (Å²) in [4.78, 5) is 22.5. The molecule has 0 aromatic carbocycles. The second kappa shape index (κ2) is 5.14. The number of nitrogens with two attached hydrogens (primary N) is 1. The van der Waals surface area contributed by atoms with Crippen molar-refractivity contribution in [2.45, 2.75) is 44.2 Å². The van der Waals surface area contributed by atoms with E-state index in [0.29, 0.717) is 0 Å². The highest BCUT2D eigenvalue weighted by Gasteiger charge is 2.35. The molecule has 5 nitrogen and oxygen atoms in total. The molecule has 0 radical (unpaired) electrons. The first-order valence-corrected chi connectivity index (χ1v) is 5.65. The molecule has 0 saturated heterocycles. The van der Waals surface area contributed by atoms with Crippen LogP contribution in [-0.4, -0.2) is 27.1 Å². The van der Waals surface area contributed by atoms with Gasteiger partial charge >= 0.3 is 11.9 Å². The topological polar surface area (TPSA) is 89.6 Å². The maximum Gasteiger partial charge on any atom is 0.320 e. The Morgan fingerprint density at radius 2 is 1.81 bits per heavy atom. The molecule has 0 aromatic rings. The van der Waals surface area contributed by atoms with Gasteiger partial charge in [-0.25, -0.2) is 0 Å². The lowest BCUT2D eigenvalue weighted by atomic mass is 10.0. The Balaban J connectivity index is 4.68. The molecule has 2 atom stereocenters. The van der Waals surface area contributed by atoms with Gasteiger partial charge < -0.3 is 15.6 Å². The minimum Gasteiger partial charge on any atom is -0.481 e. The lowest BCUT2D eigenvalue weighted by Crippen LogP contribution is -2.39. The second-order valence-corrected chi connectivity index (χ2v) is 6.72. The third kappa shape index (κ3) is 6.79. The number of carbonyl (C=O) groups excluding carboxylic acids is 1. The molecule has 0 fully saturated rings. The number of rotatable bonds is 4. The Bertz CT molecular complexity index is 278. The van der Waals surface area contributed by atoms with Crippen molar-refractivity contribution < 1.29 is 19.4 Å². The molecular weight excluding hydrogens is 278 g/mol. The van der Waals surface area contributed by atoms with Crippen LogP contribution in [0.25, 0.3) is 0 Å². The normalized spacial score (nSPS) is 17.4. The summed E-state index contributed by atoms with van der Waals surface area (Å²) in [5.41, 5.74) is 4.92. The molecule has 16 heavy (non-hydrogen) atoms.